The Bertz CT molecular complexity index is 534. The number of carbonyl (C=O) groups excluding carboxylic acids is 1. The quantitative estimate of drug-likeness (QED) is 0.663. The first-order valence-electron chi connectivity index (χ1n) is 5.34. The standard InChI is InChI=1S/C13H11IN2OS/c14-10-5-1-2-6-11(10)16-12(17)9-18-13-7-3-4-8-15-13/h1-8H,9H2,(H,16,17). The van der Waals surface area contributed by atoms with Crippen molar-refractivity contribution in [3.63, 3.8) is 0 Å². The topological polar surface area (TPSA) is 42.0 Å². The van der Waals surface area contributed by atoms with Gasteiger partial charge in [-0.1, -0.05) is 30.0 Å². The summed E-state index contributed by atoms with van der Waals surface area (Å²) in [6.45, 7) is 0. The molecule has 0 bridgehead atoms. The van der Waals surface area contributed by atoms with E-state index in [0.29, 0.717) is 5.75 Å². The lowest BCUT2D eigenvalue weighted by Crippen LogP contribution is -2.14. The van der Waals surface area contributed by atoms with Crippen LogP contribution in [0.3, 0.4) is 0 Å². The largest absolute Gasteiger partial charge is 0.324 e. The zero-order chi connectivity index (χ0) is 12.8. The number of anilines is 1. The minimum atomic E-state index is -0.0187. The molecule has 92 valence electrons. The van der Waals surface area contributed by atoms with Crippen molar-refractivity contribution in [1.82, 2.24) is 4.98 Å². The average molecular weight is 370 g/mol. The molecule has 5 heteroatoms. The molecule has 3 nitrogen and oxygen atoms in total. The number of pyridine rings is 1. The van der Waals surface area contributed by atoms with E-state index >= 15 is 0 Å². The van der Waals surface area contributed by atoms with Gasteiger partial charge in [0.2, 0.25) is 5.91 Å². The van der Waals surface area contributed by atoms with Crippen molar-refractivity contribution in [2.24, 2.45) is 0 Å². The summed E-state index contributed by atoms with van der Waals surface area (Å²) < 4.78 is 1.03. The second kappa shape index (κ2) is 6.75. The van der Waals surface area contributed by atoms with Crippen LogP contribution in [0.15, 0.2) is 53.7 Å². The van der Waals surface area contributed by atoms with Gasteiger partial charge in [0.15, 0.2) is 0 Å². The summed E-state index contributed by atoms with van der Waals surface area (Å²) in [4.78, 5) is 15.9. The third-order valence-electron chi connectivity index (χ3n) is 2.14. The van der Waals surface area contributed by atoms with Crippen LogP contribution in [0.4, 0.5) is 5.69 Å². The summed E-state index contributed by atoms with van der Waals surface area (Å²) in [5.74, 6) is 0.344. The van der Waals surface area contributed by atoms with Crippen molar-refractivity contribution < 1.29 is 4.79 Å². The summed E-state index contributed by atoms with van der Waals surface area (Å²) in [5.41, 5.74) is 0.852. The van der Waals surface area contributed by atoms with E-state index in [4.69, 9.17) is 0 Å². The molecular formula is C13H11IN2OS. The Morgan fingerprint density at radius 1 is 1.22 bits per heavy atom. The number of nitrogens with zero attached hydrogens (tertiary/aromatic N) is 1. The lowest BCUT2D eigenvalue weighted by atomic mass is 10.3. The number of hydrogen-bond acceptors (Lipinski definition) is 3. The van der Waals surface area contributed by atoms with Crippen molar-refractivity contribution in [3.8, 4) is 0 Å². The summed E-state index contributed by atoms with van der Waals surface area (Å²) in [6.07, 6.45) is 1.72. The Hall–Kier alpha value is -1.08. The number of thioether (sulfide) groups is 1. The van der Waals surface area contributed by atoms with E-state index in [2.05, 4.69) is 32.9 Å². The molecule has 18 heavy (non-hydrogen) atoms. The molecule has 1 N–H and O–H groups in total. The molecular weight excluding hydrogens is 359 g/mol. The maximum atomic E-state index is 11.8. The zero-order valence-electron chi connectivity index (χ0n) is 9.47. The molecule has 0 aliphatic heterocycles. The number of benzene rings is 1. The number of para-hydroxylation sites is 1. The smallest absolute Gasteiger partial charge is 0.234 e. The summed E-state index contributed by atoms with van der Waals surface area (Å²) in [6, 6.07) is 13.4. The number of halogens is 1. The summed E-state index contributed by atoms with van der Waals surface area (Å²) in [5, 5.41) is 3.74. The van der Waals surface area contributed by atoms with E-state index in [9.17, 15) is 4.79 Å². The third kappa shape index (κ3) is 3.99. The Labute approximate surface area is 124 Å². The van der Waals surface area contributed by atoms with Gasteiger partial charge in [-0.3, -0.25) is 4.79 Å². The van der Waals surface area contributed by atoms with Crippen LogP contribution in [-0.2, 0) is 4.79 Å². The Morgan fingerprint density at radius 2 is 2.00 bits per heavy atom. The van der Waals surface area contributed by atoms with Crippen LogP contribution in [0.25, 0.3) is 0 Å². The van der Waals surface area contributed by atoms with Crippen LogP contribution < -0.4 is 5.32 Å². The molecule has 1 heterocycles. The van der Waals surface area contributed by atoms with Crippen LogP contribution in [0.1, 0.15) is 0 Å². The van der Waals surface area contributed by atoms with Crippen LogP contribution in [-0.4, -0.2) is 16.6 Å². The SMILES string of the molecule is O=C(CSc1ccccn1)Nc1ccccc1I. The van der Waals surface area contributed by atoms with E-state index in [0.717, 1.165) is 14.3 Å². The van der Waals surface area contributed by atoms with Crippen LogP contribution >= 0.6 is 34.4 Å². The van der Waals surface area contributed by atoms with Gasteiger partial charge in [-0.2, -0.15) is 0 Å². The van der Waals surface area contributed by atoms with Crippen molar-refractivity contribution in [3.05, 3.63) is 52.2 Å². The van der Waals surface area contributed by atoms with E-state index in [1.54, 1.807) is 6.20 Å². The molecule has 0 saturated heterocycles. The van der Waals surface area contributed by atoms with Gasteiger partial charge in [-0.15, -0.1) is 0 Å². The van der Waals surface area contributed by atoms with Crippen molar-refractivity contribution >= 4 is 45.9 Å². The molecule has 1 aromatic heterocycles. The van der Waals surface area contributed by atoms with Crippen molar-refractivity contribution in [2.45, 2.75) is 5.03 Å². The van der Waals surface area contributed by atoms with Crippen LogP contribution in [0, 0.1) is 3.57 Å². The van der Waals surface area contributed by atoms with E-state index in [-0.39, 0.29) is 5.91 Å². The molecule has 1 aromatic carbocycles. The fourth-order valence-electron chi connectivity index (χ4n) is 1.32. The number of amides is 1. The van der Waals surface area contributed by atoms with E-state index < -0.39 is 0 Å². The van der Waals surface area contributed by atoms with Crippen molar-refractivity contribution in [2.75, 3.05) is 11.1 Å². The number of carbonyl (C=O) groups is 1. The maximum absolute atomic E-state index is 11.8. The van der Waals surface area contributed by atoms with Gasteiger partial charge >= 0.3 is 0 Å². The van der Waals surface area contributed by atoms with Gasteiger partial charge < -0.3 is 5.32 Å². The number of rotatable bonds is 4. The Morgan fingerprint density at radius 3 is 2.72 bits per heavy atom. The zero-order valence-corrected chi connectivity index (χ0v) is 12.4. The van der Waals surface area contributed by atoms with Crippen LogP contribution in [0.5, 0.6) is 0 Å². The second-order valence-electron chi connectivity index (χ2n) is 3.48. The third-order valence-corrected chi connectivity index (χ3v) is 4.02. The summed E-state index contributed by atoms with van der Waals surface area (Å²) >= 11 is 3.63. The minimum Gasteiger partial charge on any atom is -0.324 e. The molecule has 1 amide bonds. The molecule has 2 rings (SSSR count). The summed E-state index contributed by atoms with van der Waals surface area (Å²) in [7, 11) is 0. The normalized spacial score (nSPS) is 10.1. The highest BCUT2D eigenvalue weighted by molar-refractivity contribution is 14.1. The predicted octanol–water partition coefficient (Wildman–Crippen LogP) is 3.42. The van der Waals surface area contributed by atoms with Gasteiger partial charge in [0, 0.05) is 9.77 Å². The fraction of sp³-hybridized carbons (Fsp3) is 0.0769. The van der Waals surface area contributed by atoms with Crippen molar-refractivity contribution in [1.29, 1.82) is 0 Å². The van der Waals surface area contributed by atoms with Gasteiger partial charge in [0.1, 0.15) is 0 Å². The highest BCUT2D eigenvalue weighted by Gasteiger charge is 2.05. The molecule has 0 fully saturated rings. The monoisotopic (exact) mass is 370 g/mol. The molecule has 0 aliphatic carbocycles. The lowest BCUT2D eigenvalue weighted by molar-refractivity contribution is -0.113. The highest BCUT2D eigenvalue weighted by atomic mass is 127. The molecule has 0 unspecified atom stereocenters. The van der Waals surface area contributed by atoms with Gasteiger partial charge in [0.25, 0.3) is 0 Å². The predicted molar refractivity (Wildman–Crippen MR) is 82.7 cm³/mol. The number of nitrogens with one attached hydrogen (secondary N) is 1. The highest BCUT2D eigenvalue weighted by Crippen LogP contribution is 2.18. The molecule has 0 radical (unpaired) electrons. The first kappa shape index (κ1) is 13.4. The second-order valence-corrected chi connectivity index (χ2v) is 5.64. The minimum absolute atomic E-state index is 0.0187. The Balaban J connectivity index is 1.88. The molecule has 0 aliphatic rings. The molecule has 0 atom stereocenters. The van der Waals surface area contributed by atoms with Crippen LogP contribution in [0.2, 0.25) is 0 Å². The maximum Gasteiger partial charge on any atom is 0.234 e. The van der Waals surface area contributed by atoms with E-state index in [1.165, 1.54) is 11.8 Å². The number of hydrogen-bond donors (Lipinski definition) is 1. The first-order valence-corrected chi connectivity index (χ1v) is 7.40. The van der Waals surface area contributed by atoms with Gasteiger partial charge in [0.05, 0.1) is 16.5 Å². The molecule has 0 saturated carbocycles. The molecule has 0 spiro atoms. The fourth-order valence-corrected chi connectivity index (χ4v) is 2.50. The number of aromatic nitrogens is 1. The van der Waals surface area contributed by atoms with Gasteiger partial charge in [-0.25, -0.2) is 4.98 Å². The Kier molecular flexibility index (Phi) is 5.00. The lowest BCUT2D eigenvalue weighted by Gasteiger charge is -2.06. The first-order chi connectivity index (χ1) is 8.75. The van der Waals surface area contributed by atoms with Gasteiger partial charge in [-0.05, 0) is 46.9 Å². The van der Waals surface area contributed by atoms with E-state index in [1.807, 2.05) is 42.5 Å². The average Bonchev–Trinajstić information content (AvgIpc) is 2.40. The molecule has 2 aromatic rings.